The van der Waals surface area contributed by atoms with Crippen molar-refractivity contribution in [2.45, 2.75) is 38.3 Å². The van der Waals surface area contributed by atoms with Crippen LogP contribution in [0.4, 0.5) is 5.69 Å². The minimum Gasteiger partial charge on any atom is -0.383 e. The first-order chi connectivity index (χ1) is 11.3. The number of hydrogen-bond acceptors (Lipinski definition) is 3. The molecular weight excluding hydrogens is 288 g/mol. The summed E-state index contributed by atoms with van der Waals surface area (Å²) >= 11 is 0. The quantitative estimate of drug-likeness (QED) is 0.460. The van der Waals surface area contributed by atoms with E-state index in [-0.39, 0.29) is 0 Å². The first-order valence-corrected chi connectivity index (χ1v) is 8.73. The summed E-state index contributed by atoms with van der Waals surface area (Å²) < 4.78 is 5.09. The molecule has 1 aliphatic heterocycles. The Bertz CT molecular complexity index is 504. The van der Waals surface area contributed by atoms with Crippen LogP contribution in [0.2, 0.25) is 0 Å². The van der Waals surface area contributed by atoms with Gasteiger partial charge in [-0.05, 0) is 43.4 Å². The Morgan fingerprint density at radius 3 is 2.61 bits per heavy atom. The fourth-order valence-corrected chi connectivity index (χ4v) is 2.80. The molecular formula is C18H28N4O. The summed E-state index contributed by atoms with van der Waals surface area (Å²) in [6.07, 6.45) is 5.12. The van der Waals surface area contributed by atoms with Crippen LogP contribution in [0, 0.1) is 0 Å². The molecule has 1 aromatic rings. The van der Waals surface area contributed by atoms with Crippen LogP contribution in [0.25, 0.3) is 0 Å². The Balaban J connectivity index is 1.54. The molecule has 126 valence electrons. The van der Waals surface area contributed by atoms with E-state index in [0.717, 1.165) is 12.5 Å². The number of ether oxygens (including phenoxy) is 1. The average Bonchev–Trinajstić information content (AvgIpc) is 3.23. The fourth-order valence-electron chi connectivity index (χ4n) is 2.80. The van der Waals surface area contributed by atoms with Crippen molar-refractivity contribution in [3.05, 3.63) is 29.8 Å². The Hall–Kier alpha value is -1.75. The molecule has 1 heterocycles. The lowest BCUT2D eigenvalue weighted by Crippen LogP contribution is -2.40. The largest absolute Gasteiger partial charge is 0.383 e. The summed E-state index contributed by atoms with van der Waals surface area (Å²) in [6, 6.07) is 9.44. The summed E-state index contributed by atoms with van der Waals surface area (Å²) in [4.78, 5) is 7.16. The lowest BCUT2D eigenvalue weighted by molar-refractivity contribution is 0.203. The topological polar surface area (TPSA) is 48.9 Å². The zero-order chi connectivity index (χ0) is 15.9. The summed E-state index contributed by atoms with van der Waals surface area (Å²) in [6.45, 7) is 4.56. The normalized spacial score (nSPS) is 18.3. The van der Waals surface area contributed by atoms with Gasteiger partial charge in [0, 0.05) is 38.5 Å². The van der Waals surface area contributed by atoms with Crippen molar-refractivity contribution in [3.8, 4) is 0 Å². The van der Waals surface area contributed by atoms with Gasteiger partial charge in [0.25, 0.3) is 0 Å². The van der Waals surface area contributed by atoms with Crippen LogP contribution in [0.15, 0.2) is 29.3 Å². The molecule has 0 amide bonds. The predicted molar refractivity (Wildman–Crippen MR) is 95.1 cm³/mol. The second kappa shape index (κ2) is 8.20. The number of rotatable bonds is 7. The molecule has 23 heavy (non-hydrogen) atoms. The Kier molecular flexibility index (Phi) is 5.75. The van der Waals surface area contributed by atoms with E-state index in [4.69, 9.17) is 9.73 Å². The molecule has 0 radical (unpaired) electrons. The van der Waals surface area contributed by atoms with Gasteiger partial charge in [-0.3, -0.25) is 0 Å². The minimum absolute atomic E-state index is 0.598. The third-order valence-electron chi connectivity index (χ3n) is 4.34. The number of anilines is 1. The molecule has 2 N–H and O–H groups in total. The molecule has 0 atom stereocenters. The number of nitrogens with zero attached hydrogens (tertiary/aromatic N) is 2. The number of methoxy groups -OCH3 is 1. The highest BCUT2D eigenvalue weighted by molar-refractivity contribution is 5.80. The number of hydrogen-bond donors (Lipinski definition) is 2. The summed E-state index contributed by atoms with van der Waals surface area (Å²) in [5.41, 5.74) is 2.58. The van der Waals surface area contributed by atoms with Gasteiger partial charge in [-0.15, -0.1) is 0 Å². The molecule has 3 rings (SSSR count). The van der Waals surface area contributed by atoms with E-state index in [1.165, 1.54) is 50.0 Å². The zero-order valence-electron chi connectivity index (χ0n) is 14.1. The van der Waals surface area contributed by atoms with Crippen LogP contribution < -0.4 is 15.5 Å². The van der Waals surface area contributed by atoms with Crippen LogP contribution >= 0.6 is 0 Å². The maximum absolute atomic E-state index is 5.09. The molecule has 1 saturated carbocycles. The van der Waals surface area contributed by atoms with Gasteiger partial charge in [-0.2, -0.15) is 0 Å². The highest BCUT2D eigenvalue weighted by atomic mass is 16.5. The van der Waals surface area contributed by atoms with E-state index in [0.29, 0.717) is 19.2 Å². The van der Waals surface area contributed by atoms with Crippen molar-refractivity contribution < 1.29 is 4.74 Å². The lowest BCUT2D eigenvalue weighted by atomic mass is 10.2. The highest BCUT2D eigenvalue weighted by Gasteiger charge is 2.22. The number of aliphatic imine (C=N–C) groups is 1. The number of guanidine groups is 1. The number of benzene rings is 1. The van der Waals surface area contributed by atoms with Gasteiger partial charge in [0.15, 0.2) is 5.96 Å². The van der Waals surface area contributed by atoms with Gasteiger partial charge in [-0.25, -0.2) is 4.99 Å². The molecule has 0 bridgehead atoms. The van der Waals surface area contributed by atoms with E-state index < -0.39 is 0 Å². The van der Waals surface area contributed by atoms with Crippen LogP contribution in [-0.4, -0.2) is 45.4 Å². The molecule has 1 saturated heterocycles. The Labute approximate surface area is 139 Å². The summed E-state index contributed by atoms with van der Waals surface area (Å²) in [5, 5.41) is 6.78. The molecule has 2 aliphatic rings. The van der Waals surface area contributed by atoms with E-state index in [2.05, 4.69) is 39.8 Å². The van der Waals surface area contributed by atoms with Crippen LogP contribution in [0.5, 0.6) is 0 Å². The molecule has 1 aliphatic carbocycles. The molecule has 0 aromatic heterocycles. The van der Waals surface area contributed by atoms with Crippen LogP contribution in [-0.2, 0) is 11.3 Å². The molecule has 0 unspecified atom stereocenters. The summed E-state index contributed by atoms with van der Waals surface area (Å²) in [7, 11) is 1.72. The van der Waals surface area contributed by atoms with Crippen LogP contribution in [0.3, 0.4) is 0 Å². The third kappa shape index (κ3) is 5.13. The van der Waals surface area contributed by atoms with Crippen molar-refractivity contribution in [1.29, 1.82) is 0 Å². The standard InChI is InChI=1S/C18H28N4O/c1-23-13-10-19-18(21-16-6-7-16)20-14-15-4-8-17(9-5-15)22-11-2-3-12-22/h4-5,8-9,16H,2-3,6-7,10-14H2,1H3,(H2,19,20,21). The second-order valence-corrected chi connectivity index (χ2v) is 6.36. The van der Waals surface area contributed by atoms with Gasteiger partial charge in [0.1, 0.15) is 0 Å². The Morgan fingerprint density at radius 1 is 1.22 bits per heavy atom. The van der Waals surface area contributed by atoms with Gasteiger partial charge < -0.3 is 20.3 Å². The van der Waals surface area contributed by atoms with E-state index in [1.807, 2.05) is 0 Å². The van der Waals surface area contributed by atoms with Crippen molar-refractivity contribution in [3.63, 3.8) is 0 Å². The van der Waals surface area contributed by atoms with Crippen molar-refractivity contribution in [1.82, 2.24) is 10.6 Å². The fraction of sp³-hybridized carbons (Fsp3) is 0.611. The zero-order valence-corrected chi connectivity index (χ0v) is 14.1. The Morgan fingerprint density at radius 2 is 1.96 bits per heavy atom. The minimum atomic E-state index is 0.598. The first-order valence-electron chi connectivity index (χ1n) is 8.73. The molecule has 2 fully saturated rings. The molecule has 5 heteroatoms. The van der Waals surface area contributed by atoms with E-state index in [1.54, 1.807) is 7.11 Å². The van der Waals surface area contributed by atoms with Crippen molar-refractivity contribution in [2.24, 2.45) is 4.99 Å². The highest BCUT2D eigenvalue weighted by Crippen LogP contribution is 2.21. The molecule has 5 nitrogen and oxygen atoms in total. The third-order valence-corrected chi connectivity index (χ3v) is 4.34. The SMILES string of the molecule is COCCNC(=NCc1ccc(N2CCCC2)cc1)NC1CC1. The van der Waals surface area contributed by atoms with Crippen LogP contribution in [0.1, 0.15) is 31.2 Å². The predicted octanol–water partition coefficient (Wildman–Crippen LogP) is 2.13. The first kappa shape index (κ1) is 16.1. The molecule has 1 aromatic carbocycles. The summed E-state index contributed by atoms with van der Waals surface area (Å²) in [5.74, 6) is 0.896. The molecule has 0 spiro atoms. The van der Waals surface area contributed by atoms with E-state index in [9.17, 15) is 0 Å². The maximum atomic E-state index is 5.09. The van der Waals surface area contributed by atoms with Gasteiger partial charge in [0.2, 0.25) is 0 Å². The second-order valence-electron chi connectivity index (χ2n) is 6.36. The van der Waals surface area contributed by atoms with Gasteiger partial charge in [0.05, 0.1) is 13.2 Å². The van der Waals surface area contributed by atoms with Crippen molar-refractivity contribution in [2.75, 3.05) is 38.3 Å². The maximum Gasteiger partial charge on any atom is 0.191 e. The van der Waals surface area contributed by atoms with Crippen molar-refractivity contribution >= 4 is 11.6 Å². The monoisotopic (exact) mass is 316 g/mol. The number of nitrogens with one attached hydrogen (secondary N) is 2. The van der Waals surface area contributed by atoms with Gasteiger partial charge >= 0.3 is 0 Å². The lowest BCUT2D eigenvalue weighted by Gasteiger charge is -2.17. The smallest absolute Gasteiger partial charge is 0.191 e. The van der Waals surface area contributed by atoms with Gasteiger partial charge in [-0.1, -0.05) is 12.1 Å². The average molecular weight is 316 g/mol. The van der Waals surface area contributed by atoms with E-state index >= 15 is 0 Å².